The molecule has 0 unspecified atom stereocenters. The van der Waals surface area contributed by atoms with E-state index in [9.17, 15) is 4.79 Å². The smallest absolute Gasteiger partial charge is 0.340 e. The maximum Gasteiger partial charge on any atom is 0.340 e. The van der Waals surface area contributed by atoms with Crippen molar-refractivity contribution in [3.63, 3.8) is 0 Å². The van der Waals surface area contributed by atoms with Gasteiger partial charge in [-0.2, -0.15) is 15.0 Å². The summed E-state index contributed by atoms with van der Waals surface area (Å²) in [4.78, 5) is 30.9. The molecule has 26 heavy (non-hydrogen) atoms. The van der Waals surface area contributed by atoms with Crippen LogP contribution in [0.25, 0.3) is 10.9 Å². The van der Waals surface area contributed by atoms with E-state index in [1.54, 1.807) is 32.0 Å². The maximum absolute atomic E-state index is 12.5. The molecule has 0 fully saturated rings. The van der Waals surface area contributed by atoms with Crippen LogP contribution in [0.1, 0.15) is 27.4 Å². The molecular formula is C18H20N6O2. The third-order valence-corrected chi connectivity index (χ3v) is 3.80. The molecule has 0 saturated heterocycles. The lowest BCUT2D eigenvalue weighted by Crippen LogP contribution is -2.17. The quantitative estimate of drug-likeness (QED) is 0.711. The van der Waals surface area contributed by atoms with Gasteiger partial charge in [0.15, 0.2) is 12.4 Å². The number of carbonyl (C=O) groups excluding carboxylic acids is 1. The summed E-state index contributed by atoms with van der Waals surface area (Å²) in [6.07, 6.45) is 0. The third-order valence-electron chi connectivity index (χ3n) is 3.80. The van der Waals surface area contributed by atoms with Crippen LogP contribution < -0.4 is 10.6 Å². The Morgan fingerprint density at radius 2 is 1.88 bits per heavy atom. The Balaban J connectivity index is 1.82. The highest BCUT2D eigenvalue weighted by Gasteiger charge is 2.15. The topological polar surface area (TPSA) is 107 Å². The lowest BCUT2D eigenvalue weighted by molar-refractivity contribution is 0.0461. The van der Waals surface area contributed by atoms with Crippen molar-refractivity contribution in [2.75, 3.05) is 24.7 Å². The van der Waals surface area contributed by atoms with Crippen molar-refractivity contribution in [1.82, 2.24) is 19.9 Å². The Morgan fingerprint density at radius 1 is 1.12 bits per heavy atom. The second-order valence-corrected chi connectivity index (χ2v) is 6.20. The summed E-state index contributed by atoms with van der Waals surface area (Å²) < 4.78 is 5.36. The van der Waals surface area contributed by atoms with Crippen molar-refractivity contribution in [2.24, 2.45) is 0 Å². The number of fused-ring (bicyclic) bond motifs is 1. The minimum absolute atomic E-state index is 0.0776. The average Bonchev–Trinajstić information content (AvgIpc) is 2.59. The van der Waals surface area contributed by atoms with E-state index in [0.29, 0.717) is 17.2 Å². The van der Waals surface area contributed by atoms with Gasteiger partial charge in [-0.1, -0.05) is 11.6 Å². The zero-order valence-corrected chi connectivity index (χ0v) is 15.1. The summed E-state index contributed by atoms with van der Waals surface area (Å²) in [6, 6.07) is 7.69. The molecule has 0 bridgehead atoms. The summed E-state index contributed by atoms with van der Waals surface area (Å²) in [5, 5.41) is 0.891. The third kappa shape index (κ3) is 3.69. The van der Waals surface area contributed by atoms with Gasteiger partial charge in [-0.3, -0.25) is 4.98 Å². The van der Waals surface area contributed by atoms with Crippen LogP contribution in [0.3, 0.4) is 0 Å². The predicted molar refractivity (Wildman–Crippen MR) is 98.9 cm³/mol. The molecule has 2 N–H and O–H groups in total. The molecule has 2 aromatic heterocycles. The molecule has 3 rings (SSSR count). The van der Waals surface area contributed by atoms with Crippen molar-refractivity contribution in [3.8, 4) is 0 Å². The van der Waals surface area contributed by atoms with Gasteiger partial charge in [-0.05, 0) is 32.0 Å². The minimum Gasteiger partial charge on any atom is -0.454 e. The number of ether oxygens (including phenoxy) is 1. The van der Waals surface area contributed by atoms with Gasteiger partial charge in [0.05, 0.1) is 16.8 Å². The van der Waals surface area contributed by atoms with E-state index >= 15 is 0 Å². The second kappa shape index (κ2) is 6.91. The molecule has 8 heteroatoms. The highest BCUT2D eigenvalue weighted by molar-refractivity contribution is 5.95. The van der Waals surface area contributed by atoms with Crippen LogP contribution in [-0.4, -0.2) is 40.0 Å². The van der Waals surface area contributed by atoms with Crippen LogP contribution in [0, 0.1) is 13.8 Å². The molecule has 0 aliphatic rings. The Hall–Kier alpha value is -3.29. The molecule has 8 nitrogen and oxygen atoms in total. The van der Waals surface area contributed by atoms with Crippen LogP contribution in [0.15, 0.2) is 24.3 Å². The van der Waals surface area contributed by atoms with E-state index in [1.807, 2.05) is 25.1 Å². The fourth-order valence-electron chi connectivity index (χ4n) is 2.50. The molecule has 1 aromatic carbocycles. The number of benzene rings is 1. The molecule has 0 radical (unpaired) electrons. The number of nitrogens with two attached hydrogens (primary N) is 1. The van der Waals surface area contributed by atoms with E-state index < -0.39 is 5.97 Å². The largest absolute Gasteiger partial charge is 0.454 e. The Morgan fingerprint density at radius 3 is 2.62 bits per heavy atom. The van der Waals surface area contributed by atoms with Gasteiger partial charge in [0.2, 0.25) is 11.9 Å². The number of esters is 1. The molecule has 2 heterocycles. The number of anilines is 2. The van der Waals surface area contributed by atoms with E-state index in [-0.39, 0.29) is 18.4 Å². The minimum atomic E-state index is -0.483. The van der Waals surface area contributed by atoms with Crippen LogP contribution >= 0.6 is 0 Å². The summed E-state index contributed by atoms with van der Waals surface area (Å²) in [6.45, 7) is 3.67. The van der Waals surface area contributed by atoms with Crippen molar-refractivity contribution in [1.29, 1.82) is 0 Å². The number of hydrogen-bond acceptors (Lipinski definition) is 8. The first-order chi connectivity index (χ1) is 12.3. The van der Waals surface area contributed by atoms with Crippen LogP contribution in [0.2, 0.25) is 0 Å². The summed E-state index contributed by atoms with van der Waals surface area (Å²) in [5.74, 6) is 0.289. The fraction of sp³-hybridized carbons (Fsp3) is 0.278. The first-order valence-corrected chi connectivity index (χ1v) is 8.06. The molecule has 0 aliphatic heterocycles. The second-order valence-electron chi connectivity index (χ2n) is 6.20. The highest BCUT2D eigenvalue weighted by Crippen LogP contribution is 2.19. The number of nitrogen functional groups attached to an aromatic ring is 1. The molecule has 0 atom stereocenters. The van der Waals surface area contributed by atoms with Crippen LogP contribution in [0.4, 0.5) is 11.9 Å². The Kier molecular flexibility index (Phi) is 4.66. The van der Waals surface area contributed by atoms with Gasteiger partial charge < -0.3 is 15.4 Å². The Bertz CT molecular complexity index is 987. The van der Waals surface area contributed by atoms with Crippen LogP contribution in [0.5, 0.6) is 0 Å². The van der Waals surface area contributed by atoms with E-state index in [0.717, 1.165) is 16.5 Å². The molecule has 3 aromatic rings. The first-order valence-electron chi connectivity index (χ1n) is 8.06. The van der Waals surface area contributed by atoms with Gasteiger partial charge in [0.1, 0.15) is 0 Å². The number of pyridine rings is 1. The van der Waals surface area contributed by atoms with E-state index in [4.69, 9.17) is 10.5 Å². The van der Waals surface area contributed by atoms with Crippen molar-refractivity contribution < 1.29 is 9.53 Å². The molecule has 0 saturated carbocycles. The lowest BCUT2D eigenvalue weighted by Gasteiger charge is -2.12. The monoisotopic (exact) mass is 352 g/mol. The summed E-state index contributed by atoms with van der Waals surface area (Å²) in [7, 11) is 3.58. The van der Waals surface area contributed by atoms with Gasteiger partial charge in [0, 0.05) is 19.5 Å². The van der Waals surface area contributed by atoms with Crippen LogP contribution in [-0.2, 0) is 11.3 Å². The highest BCUT2D eigenvalue weighted by atomic mass is 16.5. The van der Waals surface area contributed by atoms with Gasteiger partial charge in [-0.15, -0.1) is 0 Å². The molecular weight excluding hydrogens is 332 g/mol. The number of aryl methyl sites for hydroxylation is 2. The number of hydrogen-bond donors (Lipinski definition) is 1. The number of aromatic nitrogens is 4. The first kappa shape index (κ1) is 17.5. The van der Waals surface area contributed by atoms with Gasteiger partial charge in [0.25, 0.3) is 0 Å². The summed E-state index contributed by atoms with van der Waals surface area (Å²) >= 11 is 0. The molecule has 0 spiro atoms. The van der Waals surface area contributed by atoms with Crippen molar-refractivity contribution >= 4 is 28.8 Å². The van der Waals surface area contributed by atoms with Gasteiger partial charge in [-0.25, -0.2) is 4.79 Å². The molecule has 134 valence electrons. The molecule has 0 aliphatic carbocycles. The summed E-state index contributed by atoms with van der Waals surface area (Å²) in [5.41, 5.74) is 8.63. The van der Waals surface area contributed by atoms with Crippen molar-refractivity contribution in [2.45, 2.75) is 20.5 Å². The zero-order chi connectivity index (χ0) is 18.8. The number of nitrogens with zero attached hydrogens (tertiary/aromatic N) is 5. The average molecular weight is 352 g/mol. The predicted octanol–water partition coefficient (Wildman–Crippen LogP) is 2.04. The number of carbonyl (C=O) groups is 1. The number of rotatable bonds is 4. The zero-order valence-electron chi connectivity index (χ0n) is 15.1. The molecule has 0 amide bonds. The van der Waals surface area contributed by atoms with Crippen molar-refractivity contribution in [3.05, 3.63) is 46.9 Å². The van der Waals surface area contributed by atoms with E-state index in [2.05, 4.69) is 19.9 Å². The normalized spacial score (nSPS) is 10.8. The maximum atomic E-state index is 12.5. The van der Waals surface area contributed by atoms with Gasteiger partial charge >= 0.3 is 5.97 Å². The fourth-order valence-corrected chi connectivity index (χ4v) is 2.50. The van der Waals surface area contributed by atoms with E-state index in [1.165, 1.54) is 0 Å². The SMILES string of the molecule is Cc1ccc2nc(C)c(C(=O)OCc3nc(N)nc(N(C)C)n3)cc2c1. The Labute approximate surface area is 151 Å². The lowest BCUT2D eigenvalue weighted by atomic mass is 10.1. The standard InChI is InChI=1S/C18H20N6O2/c1-10-5-6-14-12(7-10)8-13(11(2)20-14)16(25)26-9-15-21-17(19)23-18(22-15)24(3)4/h5-8H,9H2,1-4H3,(H2,19,21,22,23).